The molecule has 0 bridgehead atoms. The fraction of sp³-hybridized carbons (Fsp3) is 0.125. The van der Waals surface area contributed by atoms with Gasteiger partial charge in [-0.3, -0.25) is 4.40 Å². The zero-order valence-electron chi connectivity index (χ0n) is 6.37. The molecule has 2 rings (SSSR count). The van der Waals surface area contributed by atoms with Crippen molar-refractivity contribution in [1.82, 2.24) is 9.38 Å². The molecule has 3 nitrogen and oxygen atoms in total. The van der Waals surface area contributed by atoms with Crippen molar-refractivity contribution in [2.45, 2.75) is 6.54 Å². The number of hydrogen-bond donors (Lipinski definition) is 1. The lowest BCUT2D eigenvalue weighted by molar-refractivity contribution is 1.02. The van der Waals surface area contributed by atoms with Crippen molar-refractivity contribution < 1.29 is 0 Å². The van der Waals surface area contributed by atoms with Crippen LogP contribution in [0.25, 0.3) is 5.52 Å². The van der Waals surface area contributed by atoms with Crippen molar-refractivity contribution in [3.05, 3.63) is 34.8 Å². The summed E-state index contributed by atoms with van der Waals surface area (Å²) in [6.07, 6.45) is 1.77. The van der Waals surface area contributed by atoms with E-state index in [1.807, 2.05) is 22.6 Å². The van der Waals surface area contributed by atoms with Gasteiger partial charge in [0.05, 0.1) is 15.8 Å². The van der Waals surface area contributed by atoms with E-state index in [-0.39, 0.29) is 0 Å². The van der Waals surface area contributed by atoms with Crippen LogP contribution in [0.4, 0.5) is 0 Å². The topological polar surface area (TPSA) is 43.3 Å². The highest BCUT2D eigenvalue weighted by molar-refractivity contribution is 9.10. The van der Waals surface area contributed by atoms with Gasteiger partial charge in [0.1, 0.15) is 6.33 Å². The van der Waals surface area contributed by atoms with Gasteiger partial charge in [0, 0.05) is 6.54 Å². The average Bonchev–Trinajstić information content (AvgIpc) is 2.49. The number of pyridine rings is 1. The van der Waals surface area contributed by atoms with Crippen molar-refractivity contribution >= 4 is 21.4 Å². The standard InChI is InChI=1S/C8H8BrN3/c9-8-3-1-2-7-6(4-10)11-5-12(7)8/h1-3,5H,4,10H2. The number of halogens is 1. The first-order chi connectivity index (χ1) is 5.83. The second kappa shape index (κ2) is 2.88. The van der Waals surface area contributed by atoms with Crippen LogP contribution in [0.3, 0.4) is 0 Å². The molecular weight excluding hydrogens is 218 g/mol. The van der Waals surface area contributed by atoms with E-state index < -0.39 is 0 Å². The molecule has 0 amide bonds. The Kier molecular flexibility index (Phi) is 1.86. The maximum atomic E-state index is 5.52. The largest absolute Gasteiger partial charge is 0.325 e. The summed E-state index contributed by atoms with van der Waals surface area (Å²) < 4.78 is 2.95. The number of nitrogens with two attached hydrogens (primary N) is 1. The van der Waals surface area contributed by atoms with Gasteiger partial charge in [0.15, 0.2) is 0 Å². The Bertz CT molecular complexity index is 408. The van der Waals surface area contributed by atoms with Crippen LogP contribution in [0.2, 0.25) is 0 Å². The maximum Gasteiger partial charge on any atom is 0.100 e. The SMILES string of the molecule is NCc1ncn2c(Br)cccc12. The van der Waals surface area contributed by atoms with Crippen molar-refractivity contribution in [1.29, 1.82) is 0 Å². The second-order valence-corrected chi connectivity index (χ2v) is 3.31. The van der Waals surface area contributed by atoms with Crippen LogP contribution in [0.5, 0.6) is 0 Å². The van der Waals surface area contributed by atoms with E-state index in [9.17, 15) is 0 Å². The summed E-state index contributed by atoms with van der Waals surface area (Å²) in [6.45, 7) is 0.479. The third-order valence-corrected chi connectivity index (χ3v) is 2.44. The lowest BCUT2D eigenvalue weighted by Gasteiger charge is -1.96. The van der Waals surface area contributed by atoms with Gasteiger partial charge in [-0.1, -0.05) is 6.07 Å². The van der Waals surface area contributed by atoms with Crippen LogP contribution < -0.4 is 5.73 Å². The van der Waals surface area contributed by atoms with E-state index in [4.69, 9.17) is 5.73 Å². The van der Waals surface area contributed by atoms with Crippen molar-refractivity contribution in [2.75, 3.05) is 0 Å². The van der Waals surface area contributed by atoms with Crippen LogP contribution >= 0.6 is 15.9 Å². The molecule has 0 aliphatic carbocycles. The fourth-order valence-corrected chi connectivity index (χ4v) is 1.63. The van der Waals surface area contributed by atoms with Crippen LogP contribution in [0, 0.1) is 0 Å². The van der Waals surface area contributed by atoms with Gasteiger partial charge in [-0.15, -0.1) is 0 Å². The Labute approximate surface area is 78.3 Å². The molecule has 0 aromatic carbocycles. The molecule has 0 saturated heterocycles. The molecule has 2 heterocycles. The zero-order valence-corrected chi connectivity index (χ0v) is 7.95. The highest BCUT2D eigenvalue weighted by atomic mass is 79.9. The predicted octanol–water partition coefficient (Wildman–Crippen LogP) is 1.56. The lowest BCUT2D eigenvalue weighted by Crippen LogP contribution is -1.96. The van der Waals surface area contributed by atoms with E-state index in [1.165, 1.54) is 0 Å². The highest BCUT2D eigenvalue weighted by Crippen LogP contribution is 2.15. The van der Waals surface area contributed by atoms with E-state index in [1.54, 1.807) is 6.33 Å². The van der Waals surface area contributed by atoms with Crippen LogP contribution in [-0.2, 0) is 6.54 Å². The molecule has 0 fully saturated rings. The molecule has 0 aliphatic rings. The minimum absolute atomic E-state index is 0.479. The molecule has 0 atom stereocenters. The normalized spacial score (nSPS) is 10.8. The number of fused-ring (bicyclic) bond motifs is 1. The van der Waals surface area contributed by atoms with Crippen LogP contribution in [0.15, 0.2) is 29.1 Å². The Hall–Kier alpha value is -0.870. The van der Waals surface area contributed by atoms with E-state index in [2.05, 4.69) is 20.9 Å². The Balaban J connectivity index is 2.80. The van der Waals surface area contributed by atoms with E-state index in [0.717, 1.165) is 15.8 Å². The molecule has 2 aromatic rings. The molecule has 0 unspecified atom stereocenters. The summed E-state index contributed by atoms with van der Waals surface area (Å²) in [7, 11) is 0. The van der Waals surface area contributed by atoms with Crippen LogP contribution in [-0.4, -0.2) is 9.38 Å². The highest BCUT2D eigenvalue weighted by Gasteiger charge is 2.02. The third-order valence-electron chi connectivity index (χ3n) is 1.80. The first-order valence-corrected chi connectivity index (χ1v) is 4.43. The molecule has 12 heavy (non-hydrogen) atoms. The fourth-order valence-electron chi connectivity index (χ4n) is 1.20. The summed E-state index contributed by atoms with van der Waals surface area (Å²) in [6, 6.07) is 5.94. The smallest absolute Gasteiger partial charge is 0.100 e. The first-order valence-electron chi connectivity index (χ1n) is 3.63. The summed E-state index contributed by atoms with van der Waals surface area (Å²) in [5.74, 6) is 0. The van der Waals surface area contributed by atoms with Gasteiger partial charge < -0.3 is 5.73 Å². The monoisotopic (exact) mass is 225 g/mol. The molecule has 4 heteroatoms. The lowest BCUT2D eigenvalue weighted by atomic mass is 10.3. The zero-order chi connectivity index (χ0) is 8.55. The summed E-state index contributed by atoms with van der Waals surface area (Å²) in [5, 5.41) is 0. The van der Waals surface area contributed by atoms with Gasteiger partial charge in [-0.05, 0) is 28.1 Å². The Morgan fingerprint density at radius 3 is 3.08 bits per heavy atom. The number of aromatic nitrogens is 2. The first kappa shape index (κ1) is 7.76. The molecule has 2 N–H and O–H groups in total. The van der Waals surface area contributed by atoms with E-state index >= 15 is 0 Å². The molecular formula is C8H8BrN3. The minimum atomic E-state index is 0.479. The molecule has 2 aromatic heterocycles. The van der Waals surface area contributed by atoms with Gasteiger partial charge in [-0.25, -0.2) is 4.98 Å². The summed E-state index contributed by atoms with van der Waals surface area (Å²) in [5.41, 5.74) is 7.51. The van der Waals surface area contributed by atoms with E-state index in [0.29, 0.717) is 6.54 Å². The molecule has 0 saturated carbocycles. The predicted molar refractivity (Wildman–Crippen MR) is 50.8 cm³/mol. The van der Waals surface area contributed by atoms with Gasteiger partial charge in [0.25, 0.3) is 0 Å². The quantitative estimate of drug-likeness (QED) is 0.749. The van der Waals surface area contributed by atoms with Crippen molar-refractivity contribution in [3.63, 3.8) is 0 Å². The third kappa shape index (κ3) is 1.04. The molecule has 62 valence electrons. The van der Waals surface area contributed by atoms with Gasteiger partial charge in [-0.2, -0.15) is 0 Å². The molecule has 0 radical (unpaired) electrons. The number of rotatable bonds is 1. The second-order valence-electron chi connectivity index (χ2n) is 2.50. The van der Waals surface area contributed by atoms with Gasteiger partial charge >= 0.3 is 0 Å². The number of hydrogen-bond acceptors (Lipinski definition) is 2. The molecule has 0 spiro atoms. The Morgan fingerprint density at radius 2 is 2.33 bits per heavy atom. The van der Waals surface area contributed by atoms with Crippen LogP contribution in [0.1, 0.15) is 5.69 Å². The van der Waals surface area contributed by atoms with Gasteiger partial charge in [0.2, 0.25) is 0 Å². The summed E-state index contributed by atoms with van der Waals surface area (Å²) >= 11 is 3.42. The average molecular weight is 226 g/mol. The molecule has 0 aliphatic heterocycles. The van der Waals surface area contributed by atoms with Crippen molar-refractivity contribution in [3.8, 4) is 0 Å². The number of imidazole rings is 1. The number of nitrogens with zero attached hydrogens (tertiary/aromatic N) is 2. The summed E-state index contributed by atoms with van der Waals surface area (Å²) in [4.78, 5) is 4.18. The van der Waals surface area contributed by atoms with Crippen molar-refractivity contribution in [2.24, 2.45) is 5.73 Å². The maximum absolute atomic E-state index is 5.52. The Morgan fingerprint density at radius 1 is 1.50 bits per heavy atom. The minimum Gasteiger partial charge on any atom is -0.325 e.